The predicted molar refractivity (Wildman–Crippen MR) is 69.8 cm³/mol. The molecule has 0 aliphatic carbocycles. The van der Waals surface area contributed by atoms with Crippen LogP contribution < -0.4 is 5.32 Å². The van der Waals surface area contributed by atoms with Gasteiger partial charge in [-0.1, -0.05) is 0 Å². The first-order valence-electron chi connectivity index (χ1n) is 4.99. The zero-order valence-corrected chi connectivity index (χ0v) is 12.3. The summed E-state index contributed by atoms with van der Waals surface area (Å²) in [5.74, 6) is 0. The van der Waals surface area contributed by atoms with Crippen molar-refractivity contribution < 1.29 is 9.53 Å². The molecule has 5 heteroatoms. The lowest BCUT2D eigenvalue weighted by Gasteiger charge is -2.19. The van der Waals surface area contributed by atoms with Crippen molar-refractivity contribution in [1.82, 2.24) is 5.32 Å². The summed E-state index contributed by atoms with van der Waals surface area (Å²) in [5, 5.41) is 2.73. The largest absolute Gasteiger partial charge is 0.444 e. The standard InChI is InChI=1S/C11H16BrNO2S/c1-7-5-8(12)9(16-7)6-13-10(14)15-11(2,3)4/h5H,6H2,1-4H3,(H,13,14). The van der Waals surface area contributed by atoms with Crippen LogP contribution in [-0.4, -0.2) is 11.7 Å². The van der Waals surface area contributed by atoms with Crippen molar-refractivity contribution in [3.05, 3.63) is 20.3 Å². The molecule has 1 N–H and O–H groups in total. The van der Waals surface area contributed by atoms with Gasteiger partial charge in [0.1, 0.15) is 5.60 Å². The normalized spacial score (nSPS) is 11.3. The van der Waals surface area contributed by atoms with E-state index in [4.69, 9.17) is 4.74 Å². The van der Waals surface area contributed by atoms with Crippen LogP contribution in [0.4, 0.5) is 4.79 Å². The minimum absolute atomic E-state index is 0.384. The fraction of sp³-hybridized carbons (Fsp3) is 0.545. The summed E-state index contributed by atoms with van der Waals surface area (Å²) in [7, 11) is 0. The minimum Gasteiger partial charge on any atom is -0.444 e. The second kappa shape index (κ2) is 5.19. The quantitative estimate of drug-likeness (QED) is 0.901. The Morgan fingerprint density at radius 1 is 1.56 bits per heavy atom. The van der Waals surface area contributed by atoms with E-state index in [1.165, 1.54) is 4.88 Å². The van der Waals surface area contributed by atoms with Gasteiger partial charge in [0, 0.05) is 14.2 Å². The highest BCUT2D eigenvalue weighted by Crippen LogP contribution is 2.26. The molecule has 1 aromatic heterocycles. The molecule has 0 unspecified atom stereocenters. The summed E-state index contributed by atoms with van der Waals surface area (Å²) in [6.45, 7) is 8.06. The van der Waals surface area contributed by atoms with Gasteiger partial charge in [-0.3, -0.25) is 0 Å². The number of hydrogen-bond donors (Lipinski definition) is 1. The van der Waals surface area contributed by atoms with Crippen LogP contribution in [0.15, 0.2) is 10.5 Å². The number of rotatable bonds is 2. The Bertz CT molecular complexity index is 382. The SMILES string of the molecule is Cc1cc(Br)c(CNC(=O)OC(C)(C)C)s1. The number of carbonyl (C=O) groups excluding carboxylic acids is 1. The molecule has 0 aromatic carbocycles. The number of amides is 1. The van der Waals surface area contributed by atoms with E-state index in [1.807, 2.05) is 33.8 Å². The average Bonchev–Trinajstić information content (AvgIpc) is 2.38. The van der Waals surface area contributed by atoms with Crippen LogP contribution in [-0.2, 0) is 11.3 Å². The molecule has 1 heterocycles. The number of hydrogen-bond acceptors (Lipinski definition) is 3. The zero-order chi connectivity index (χ0) is 12.3. The van der Waals surface area contributed by atoms with Gasteiger partial charge in [0.2, 0.25) is 0 Å². The second-order valence-electron chi connectivity index (χ2n) is 4.48. The van der Waals surface area contributed by atoms with Gasteiger partial charge in [-0.15, -0.1) is 11.3 Å². The summed E-state index contributed by atoms with van der Waals surface area (Å²) in [6.07, 6.45) is -0.384. The van der Waals surface area contributed by atoms with Gasteiger partial charge in [0.05, 0.1) is 6.54 Å². The van der Waals surface area contributed by atoms with E-state index >= 15 is 0 Å². The van der Waals surface area contributed by atoms with Crippen molar-refractivity contribution in [2.45, 2.75) is 39.8 Å². The Labute approximate surface area is 108 Å². The van der Waals surface area contributed by atoms with Crippen LogP contribution in [0, 0.1) is 6.92 Å². The molecular formula is C11H16BrNO2S. The molecule has 1 rings (SSSR count). The molecule has 0 saturated heterocycles. The number of carbonyl (C=O) groups is 1. The van der Waals surface area contributed by atoms with Gasteiger partial charge in [0.25, 0.3) is 0 Å². The molecule has 0 aliphatic heterocycles. The van der Waals surface area contributed by atoms with E-state index in [0.717, 1.165) is 9.35 Å². The molecule has 90 valence electrons. The molecule has 1 amide bonds. The summed E-state index contributed by atoms with van der Waals surface area (Å²) >= 11 is 5.10. The molecule has 0 bridgehead atoms. The first kappa shape index (κ1) is 13.5. The van der Waals surface area contributed by atoms with E-state index in [0.29, 0.717) is 6.54 Å². The third kappa shape index (κ3) is 4.53. The highest BCUT2D eigenvalue weighted by atomic mass is 79.9. The van der Waals surface area contributed by atoms with E-state index in [-0.39, 0.29) is 6.09 Å². The smallest absolute Gasteiger partial charge is 0.407 e. The molecule has 0 saturated carbocycles. The number of aryl methyl sites for hydroxylation is 1. The zero-order valence-electron chi connectivity index (χ0n) is 9.89. The maximum atomic E-state index is 11.4. The third-order valence-corrected chi connectivity index (χ3v) is 3.69. The molecule has 0 aliphatic rings. The van der Waals surface area contributed by atoms with Crippen molar-refractivity contribution in [3.8, 4) is 0 Å². The van der Waals surface area contributed by atoms with E-state index < -0.39 is 5.60 Å². The maximum Gasteiger partial charge on any atom is 0.407 e. The topological polar surface area (TPSA) is 38.3 Å². The summed E-state index contributed by atoms with van der Waals surface area (Å²) < 4.78 is 6.18. The monoisotopic (exact) mass is 305 g/mol. The number of thiophene rings is 1. The van der Waals surface area contributed by atoms with E-state index in [1.54, 1.807) is 11.3 Å². The van der Waals surface area contributed by atoms with E-state index in [9.17, 15) is 4.79 Å². The molecule has 0 spiro atoms. The molecular weight excluding hydrogens is 290 g/mol. The molecule has 16 heavy (non-hydrogen) atoms. The van der Waals surface area contributed by atoms with Gasteiger partial charge >= 0.3 is 6.09 Å². The summed E-state index contributed by atoms with van der Waals surface area (Å²) in [4.78, 5) is 13.7. The van der Waals surface area contributed by atoms with Gasteiger partial charge < -0.3 is 10.1 Å². The van der Waals surface area contributed by atoms with Gasteiger partial charge in [0.15, 0.2) is 0 Å². The minimum atomic E-state index is -0.452. The second-order valence-corrected chi connectivity index (χ2v) is 6.68. The predicted octanol–water partition coefficient (Wildman–Crippen LogP) is 3.84. The van der Waals surface area contributed by atoms with Crippen LogP contribution in [0.2, 0.25) is 0 Å². The van der Waals surface area contributed by atoms with Crippen molar-refractivity contribution in [3.63, 3.8) is 0 Å². The lowest BCUT2D eigenvalue weighted by Crippen LogP contribution is -2.32. The highest BCUT2D eigenvalue weighted by molar-refractivity contribution is 9.10. The van der Waals surface area contributed by atoms with Crippen LogP contribution in [0.3, 0.4) is 0 Å². The average molecular weight is 306 g/mol. The number of nitrogens with one attached hydrogen (secondary N) is 1. The molecule has 3 nitrogen and oxygen atoms in total. The number of alkyl carbamates (subject to hydrolysis) is 1. The van der Waals surface area contributed by atoms with Gasteiger partial charge in [-0.2, -0.15) is 0 Å². The Morgan fingerprint density at radius 2 is 2.19 bits per heavy atom. The van der Waals surface area contributed by atoms with Crippen LogP contribution in [0.1, 0.15) is 30.5 Å². The summed E-state index contributed by atoms with van der Waals surface area (Å²) in [5.41, 5.74) is -0.452. The Balaban J connectivity index is 2.46. The van der Waals surface area contributed by atoms with Crippen molar-refractivity contribution in [1.29, 1.82) is 0 Å². The van der Waals surface area contributed by atoms with Crippen molar-refractivity contribution in [2.75, 3.05) is 0 Å². The fourth-order valence-corrected chi connectivity index (χ4v) is 2.86. The van der Waals surface area contributed by atoms with Crippen LogP contribution >= 0.6 is 27.3 Å². The fourth-order valence-electron chi connectivity index (χ4n) is 1.12. The molecule has 0 atom stereocenters. The van der Waals surface area contributed by atoms with Crippen LogP contribution in [0.5, 0.6) is 0 Å². The molecule has 1 aromatic rings. The van der Waals surface area contributed by atoms with Crippen LogP contribution in [0.25, 0.3) is 0 Å². The number of halogens is 1. The van der Waals surface area contributed by atoms with Gasteiger partial charge in [-0.05, 0) is 49.7 Å². The first-order chi connectivity index (χ1) is 7.28. The maximum absolute atomic E-state index is 11.4. The van der Waals surface area contributed by atoms with E-state index in [2.05, 4.69) is 21.2 Å². The Hall–Kier alpha value is -0.550. The number of ether oxygens (including phenoxy) is 1. The van der Waals surface area contributed by atoms with Crippen molar-refractivity contribution in [2.24, 2.45) is 0 Å². The molecule has 0 fully saturated rings. The third-order valence-electron chi connectivity index (χ3n) is 1.67. The lowest BCUT2D eigenvalue weighted by atomic mass is 10.2. The lowest BCUT2D eigenvalue weighted by molar-refractivity contribution is 0.0524. The van der Waals surface area contributed by atoms with Gasteiger partial charge in [-0.25, -0.2) is 4.79 Å². The Morgan fingerprint density at radius 3 is 2.62 bits per heavy atom. The highest BCUT2D eigenvalue weighted by Gasteiger charge is 2.16. The van der Waals surface area contributed by atoms with Crippen molar-refractivity contribution >= 4 is 33.4 Å². The molecule has 0 radical (unpaired) electrons. The summed E-state index contributed by atoms with van der Waals surface area (Å²) in [6, 6.07) is 2.04. The first-order valence-corrected chi connectivity index (χ1v) is 6.60. The Kier molecular flexibility index (Phi) is 4.38.